The Balaban J connectivity index is 1.41. The van der Waals surface area contributed by atoms with Crippen LogP contribution in [0.3, 0.4) is 0 Å². The average molecular weight is 499 g/mol. The van der Waals surface area contributed by atoms with E-state index in [4.69, 9.17) is 0 Å². The highest BCUT2D eigenvalue weighted by Gasteiger charge is 2.30. The summed E-state index contributed by atoms with van der Waals surface area (Å²) in [5, 5.41) is 13.2. The van der Waals surface area contributed by atoms with E-state index in [2.05, 4.69) is 20.8 Å². The van der Waals surface area contributed by atoms with Crippen LogP contribution in [0.1, 0.15) is 11.1 Å². The lowest BCUT2D eigenvalue weighted by molar-refractivity contribution is -0.137. The second-order valence-corrected chi connectivity index (χ2v) is 9.50. The molecule has 0 aliphatic carbocycles. The summed E-state index contributed by atoms with van der Waals surface area (Å²) >= 11 is 3.66. The SMILES string of the molecule is O=C(CSc1nnc(NC(=O)CSCc2ccccc2)s1)Nc1cccc(C(F)(F)F)c1. The molecule has 6 nitrogen and oxygen atoms in total. The molecule has 2 amide bonds. The van der Waals surface area contributed by atoms with E-state index in [0.717, 1.165) is 40.8 Å². The van der Waals surface area contributed by atoms with E-state index >= 15 is 0 Å². The van der Waals surface area contributed by atoms with Crippen molar-refractivity contribution in [1.82, 2.24) is 10.2 Å². The molecule has 12 heteroatoms. The second kappa shape index (κ2) is 11.3. The monoisotopic (exact) mass is 498 g/mol. The predicted molar refractivity (Wildman–Crippen MR) is 122 cm³/mol. The zero-order valence-electron chi connectivity index (χ0n) is 16.4. The molecule has 0 saturated carbocycles. The molecular formula is C20H17F3N4O2S3. The number of halogens is 3. The Bertz CT molecular complexity index is 1060. The topological polar surface area (TPSA) is 84.0 Å². The smallest absolute Gasteiger partial charge is 0.325 e. The minimum atomic E-state index is -4.48. The van der Waals surface area contributed by atoms with Crippen molar-refractivity contribution in [2.24, 2.45) is 0 Å². The van der Waals surface area contributed by atoms with Crippen LogP contribution in [0.25, 0.3) is 0 Å². The lowest BCUT2D eigenvalue weighted by Crippen LogP contribution is -2.15. The molecule has 0 aliphatic heterocycles. The molecule has 2 N–H and O–H groups in total. The number of carbonyl (C=O) groups excluding carboxylic acids is 2. The number of nitrogens with zero attached hydrogens (tertiary/aromatic N) is 2. The molecule has 3 rings (SSSR count). The van der Waals surface area contributed by atoms with Gasteiger partial charge in [-0.15, -0.1) is 22.0 Å². The summed E-state index contributed by atoms with van der Waals surface area (Å²) in [6, 6.07) is 14.2. The van der Waals surface area contributed by atoms with Gasteiger partial charge in [0.1, 0.15) is 0 Å². The molecule has 1 heterocycles. The molecular weight excluding hydrogens is 481 g/mol. The van der Waals surface area contributed by atoms with Crippen molar-refractivity contribution in [3.8, 4) is 0 Å². The van der Waals surface area contributed by atoms with Crippen molar-refractivity contribution in [3.63, 3.8) is 0 Å². The molecule has 0 bridgehead atoms. The molecule has 2 aromatic carbocycles. The maximum atomic E-state index is 12.8. The van der Waals surface area contributed by atoms with E-state index in [1.165, 1.54) is 23.9 Å². The van der Waals surface area contributed by atoms with Crippen LogP contribution < -0.4 is 10.6 Å². The van der Waals surface area contributed by atoms with Gasteiger partial charge in [-0.1, -0.05) is 59.5 Å². The Labute approximate surface area is 194 Å². The third-order valence-electron chi connectivity index (χ3n) is 3.80. The van der Waals surface area contributed by atoms with Gasteiger partial charge in [0.25, 0.3) is 0 Å². The van der Waals surface area contributed by atoms with Crippen molar-refractivity contribution in [3.05, 3.63) is 65.7 Å². The van der Waals surface area contributed by atoms with Crippen molar-refractivity contribution in [1.29, 1.82) is 0 Å². The van der Waals surface area contributed by atoms with Gasteiger partial charge in [-0.2, -0.15) is 13.2 Å². The number of rotatable bonds is 9. The molecule has 168 valence electrons. The summed E-state index contributed by atoms with van der Waals surface area (Å²) in [6.45, 7) is 0. The molecule has 0 saturated heterocycles. The quantitative estimate of drug-likeness (QED) is 0.313. The molecule has 0 aliphatic rings. The molecule has 0 radical (unpaired) electrons. The number of anilines is 2. The third kappa shape index (κ3) is 7.84. The number of benzene rings is 2. The first-order valence-corrected chi connectivity index (χ1v) is 12.1. The zero-order chi connectivity index (χ0) is 23.0. The number of carbonyl (C=O) groups is 2. The number of aromatic nitrogens is 2. The van der Waals surface area contributed by atoms with Gasteiger partial charge < -0.3 is 5.32 Å². The highest BCUT2D eigenvalue weighted by Crippen LogP contribution is 2.31. The molecule has 0 atom stereocenters. The van der Waals surface area contributed by atoms with E-state index in [1.807, 2.05) is 30.3 Å². The summed E-state index contributed by atoms with van der Waals surface area (Å²) in [5.74, 6) is 0.225. The summed E-state index contributed by atoms with van der Waals surface area (Å²) in [4.78, 5) is 24.1. The zero-order valence-corrected chi connectivity index (χ0v) is 18.8. The molecule has 0 fully saturated rings. The van der Waals surface area contributed by atoms with Crippen LogP contribution in [0, 0.1) is 0 Å². The standard InChI is InChI=1S/C20H17F3N4O2S3/c21-20(22,23)14-7-4-8-15(9-14)24-17(29)12-31-19-27-26-18(32-19)25-16(28)11-30-10-13-5-2-1-3-6-13/h1-9H,10-12H2,(H,24,29)(H,25,26,28). The fourth-order valence-corrected chi connectivity index (χ4v) is 4.76. The van der Waals surface area contributed by atoms with E-state index in [9.17, 15) is 22.8 Å². The third-order valence-corrected chi connectivity index (χ3v) is 6.77. The van der Waals surface area contributed by atoms with E-state index in [-0.39, 0.29) is 23.1 Å². The number of hydrogen-bond acceptors (Lipinski definition) is 7. The van der Waals surface area contributed by atoms with Crippen molar-refractivity contribution in [2.75, 3.05) is 22.1 Å². The summed E-state index contributed by atoms with van der Waals surface area (Å²) < 4.78 is 38.7. The van der Waals surface area contributed by atoms with Crippen LogP contribution in [0.4, 0.5) is 24.0 Å². The van der Waals surface area contributed by atoms with Gasteiger partial charge in [-0.05, 0) is 23.8 Å². The molecule has 1 aromatic heterocycles. The van der Waals surface area contributed by atoms with Gasteiger partial charge in [0.05, 0.1) is 17.1 Å². The maximum absolute atomic E-state index is 12.8. The number of alkyl halides is 3. The van der Waals surface area contributed by atoms with Crippen LogP contribution in [-0.4, -0.2) is 33.5 Å². The molecule has 32 heavy (non-hydrogen) atoms. The Hall–Kier alpha value is -2.57. The van der Waals surface area contributed by atoms with E-state index in [0.29, 0.717) is 15.2 Å². The van der Waals surface area contributed by atoms with Crippen LogP contribution in [0.5, 0.6) is 0 Å². The summed E-state index contributed by atoms with van der Waals surface area (Å²) in [5.41, 5.74) is 0.348. The molecule has 0 spiro atoms. The number of nitrogens with one attached hydrogen (secondary N) is 2. The lowest BCUT2D eigenvalue weighted by atomic mass is 10.2. The van der Waals surface area contributed by atoms with Gasteiger partial charge in [0.2, 0.25) is 16.9 Å². The first-order chi connectivity index (χ1) is 15.3. The van der Waals surface area contributed by atoms with Gasteiger partial charge in [0.15, 0.2) is 4.34 Å². The normalized spacial score (nSPS) is 11.2. The summed E-state index contributed by atoms with van der Waals surface area (Å²) in [7, 11) is 0. The first kappa shape index (κ1) is 24.1. The van der Waals surface area contributed by atoms with E-state index < -0.39 is 17.6 Å². The van der Waals surface area contributed by atoms with Gasteiger partial charge in [-0.3, -0.25) is 14.9 Å². The van der Waals surface area contributed by atoms with Gasteiger partial charge in [-0.25, -0.2) is 0 Å². The Kier molecular flexibility index (Phi) is 8.53. The van der Waals surface area contributed by atoms with Crippen LogP contribution >= 0.6 is 34.9 Å². The highest BCUT2D eigenvalue weighted by molar-refractivity contribution is 8.01. The van der Waals surface area contributed by atoms with Crippen LogP contribution in [-0.2, 0) is 21.5 Å². The van der Waals surface area contributed by atoms with E-state index in [1.54, 1.807) is 0 Å². The van der Waals surface area contributed by atoms with Gasteiger partial charge in [0, 0.05) is 11.4 Å². The molecule has 0 unspecified atom stereocenters. The van der Waals surface area contributed by atoms with Crippen LogP contribution in [0.15, 0.2) is 58.9 Å². The summed E-state index contributed by atoms with van der Waals surface area (Å²) in [6.07, 6.45) is -4.48. The van der Waals surface area contributed by atoms with Gasteiger partial charge >= 0.3 is 6.18 Å². The maximum Gasteiger partial charge on any atom is 0.416 e. The molecule has 3 aromatic rings. The predicted octanol–water partition coefficient (Wildman–Crippen LogP) is 5.16. The van der Waals surface area contributed by atoms with Crippen molar-refractivity contribution < 1.29 is 22.8 Å². The second-order valence-electron chi connectivity index (χ2n) is 6.32. The minimum absolute atomic E-state index is 0.0589. The Morgan fingerprint density at radius 3 is 2.44 bits per heavy atom. The lowest BCUT2D eigenvalue weighted by Gasteiger charge is -2.09. The largest absolute Gasteiger partial charge is 0.416 e. The first-order valence-electron chi connectivity index (χ1n) is 9.14. The number of hydrogen-bond donors (Lipinski definition) is 2. The number of amides is 2. The van der Waals surface area contributed by atoms with Crippen molar-refractivity contribution >= 4 is 57.5 Å². The minimum Gasteiger partial charge on any atom is -0.325 e. The fourth-order valence-electron chi connectivity index (χ4n) is 2.41. The van der Waals surface area contributed by atoms with Crippen molar-refractivity contribution in [2.45, 2.75) is 16.3 Å². The number of thioether (sulfide) groups is 2. The Morgan fingerprint density at radius 1 is 0.938 bits per heavy atom. The average Bonchev–Trinajstić information content (AvgIpc) is 3.20. The fraction of sp³-hybridized carbons (Fsp3) is 0.200. The Morgan fingerprint density at radius 2 is 1.69 bits per heavy atom. The van der Waals surface area contributed by atoms with Crippen LogP contribution in [0.2, 0.25) is 0 Å². The highest BCUT2D eigenvalue weighted by atomic mass is 32.2.